The van der Waals surface area contributed by atoms with E-state index in [1.54, 1.807) is 38.1 Å². The maximum atomic E-state index is 13.0. The van der Waals surface area contributed by atoms with Crippen molar-refractivity contribution >= 4 is 35.2 Å². The SMILES string of the molecule is CC(=O)CCC(=O)N[C@H](C(=O)N[C@@H](CCCNC(N)=O)C(=O)Nc1ccc(CO)cc1)C(C)C. The first-order chi connectivity index (χ1) is 16.0. The third-order valence-corrected chi connectivity index (χ3v) is 4.98. The van der Waals surface area contributed by atoms with Crippen molar-refractivity contribution in [1.82, 2.24) is 16.0 Å². The van der Waals surface area contributed by atoms with Crippen molar-refractivity contribution < 1.29 is 29.1 Å². The van der Waals surface area contributed by atoms with E-state index in [1.165, 1.54) is 6.92 Å². The Morgan fingerprint density at radius 3 is 2.15 bits per heavy atom. The number of nitrogens with two attached hydrogens (primary N) is 1. The van der Waals surface area contributed by atoms with Crippen LogP contribution in [-0.2, 0) is 25.8 Å². The van der Waals surface area contributed by atoms with Crippen LogP contribution in [0.15, 0.2) is 24.3 Å². The molecule has 0 saturated carbocycles. The summed E-state index contributed by atoms with van der Waals surface area (Å²) in [6.07, 6.45) is 0.612. The van der Waals surface area contributed by atoms with E-state index in [4.69, 9.17) is 10.8 Å². The summed E-state index contributed by atoms with van der Waals surface area (Å²) in [5, 5.41) is 19.6. The average Bonchev–Trinajstić information content (AvgIpc) is 2.77. The number of urea groups is 1. The Balaban J connectivity index is 2.89. The Labute approximate surface area is 199 Å². The van der Waals surface area contributed by atoms with E-state index >= 15 is 0 Å². The molecule has 1 aromatic carbocycles. The maximum Gasteiger partial charge on any atom is 0.312 e. The molecule has 7 N–H and O–H groups in total. The minimum absolute atomic E-state index is 0.0294. The number of benzene rings is 1. The van der Waals surface area contributed by atoms with E-state index in [1.807, 2.05) is 0 Å². The van der Waals surface area contributed by atoms with Gasteiger partial charge in [-0.2, -0.15) is 0 Å². The van der Waals surface area contributed by atoms with Crippen LogP contribution in [0.2, 0.25) is 0 Å². The van der Waals surface area contributed by atoms with Crippen molar-refractivity contribution in [1.29, 1.82) is 0 Å². The van der Waals surface area contributed by atoms with Gasteiger partial charge in [-0.3, -0.25) is 14.4 Å². The molecule has 0 bridgehead atoms. The number of amides is 5. The van der Waals surface area contributed by atoms with Gasteiger partial charge in [-0.1, -0.05) is 26.0 Å². The van der Waals surface area contributed by atoms with Crippen molar-refractivity contribution in [3.8, 4) is 0 Å². The minimum atomic E-state index is -0.949. The highest BCUT2D eigenvalue weighted by molar-refractivity contribution is 5.98. The van der Waals surface area contributed by atoms with Gasteiger partial charge in [0.25, 0.3) is 0 Å². The highest BCUT2D eigenvalue weighted by atomic mass is 16.3. The fourth-order valence-corrected chi connectivity index (χ4v) is 3.04. The predicted octanol–water partition coefficient (Wildman–Crippen LogP) is 0.561. The van der Waals surface area contributed by atoms with Crippen LogP contribution < -0.4 is 27.0 Å². The van der Waals surface area contributed by atoms with Crippen LogP contribution in [0.4, 0.5) is 10.5 Å². The number of aliphatic hydroxyl groups is 1. The molecule has 0 fully saturated rings. The number of hydrogen-bond acceptors (Lipinski definition) is 6. The number of carbonyl (C=O) groups excluding carboxylic acids is 5. The number of rotatable bonds is 14. The average molecular weight is 478 g/mol. The third-order valence-electron chi connectivity index (χ3n) is 4.98. The van der Waals surface area contributed by atoms with E-state index in [9.17, 15) is 24.0 Å². The Kier molecular flexibility index (Phi) is 12.3. The summed E-state index contributed by atoms with van der Waals surface area (Å²) in [6, 6.07) is 4.03. The summed E-state index contributed by atoms with van der Waals surface area (Å²) in [6.45, 7) is 4.98. The zero-order valence-corrected chi connectivity index (χ0v) is 19.8. The van der Waals surface area contributed by atoms with E-state index in [0.717, 1.165) is 0 Å². The molecule has 11 nitrogen and oxygen atoms in total. The van der Waals surface area contributed by atoms with Crippen molar-refractivity contribution in [3.63, 3.8) is 0 Å². The summed E-state index contributed by atoms with van der Waals surface area (Å²) in [5.74, 6) is -1.85. The second kappa shape index (κ2) is 14.6. The molecule has 1 rings (SSSR count). The quantitative estimate of drug-likeness (QED) is 0.213. The summed E-state index contributed by atoms with van der Waals surface area (Å²) in [4.78, 5) is 60.1. The Hall–Kier alpha value is -3.47. The van der Waals surface area contributed by atoms with E-state index in [2.05, 4.69) is 21.3 Å². The van der Waals surface area contributed by atoms with Gasteiger partial charge < -0.3 is 36.9 Å². The predicted molar refractivity (Wildman–Crippen MR) is 126 cm³/mol. The lowest BCUT2D eigenvalue weighted by atomic mass is 10.0. The third kappa shape index (κ3) is 10.9. The van der Waals surface area contributed by atoms with Crippen LogP contribution in [0.1, 0.15) is 52.0 Å². The summed E-state index contributed by atoms with van der Waals surface area (Å²) in [5.41, 5.74) is 6.22. The van der Waals surface area contributed by atoms with Gasteiger partial charge in [0.2, 0.25) is 17.7 Å². The van der Waals surface area contributed by atoms with Crippen LogP contribution in [0.3, 0.4) is 0 Å². The molecule has 1 aromatic rings. The molecule has 5 amide bonds. The number of Topliss-reactive ketones (excluding diaryl/α,β-unsaturated/α-hetero) is 1. The molecule has 11 heteroatoms. The van der Waals surface area contributed by atoms with Gasteiger partial charge in [-0.25, -0.2) is 4.79 Å². The number of anilines is 1. The first-order valence-corrected chi connectivity index (χ1v) is 11.2. The molecule has 0 aliphatic heterocycles. The van der Waals surface area contributed by atoms with Gasteiger partial charge in [0.1, 0.15) is 17.9 Å². The zero-order chi connectivity index (χ0) is 25.7. The monoisotopic (exact) mass is 477 g/mol. The summed E-state index contributed by atoms with van der Waals surface area (Å²) in [7, 11) is 0. The second-order valence-electron chi connectivity index (χ2n) is 8.33. The molecule has 0 radical (unpaired) electrons. The number of nitrogens with one attached hydrogen (secondary N) is 4. The van der Waals surface area contributed by atoms with Gasteiger partial charge in [-0.05, 0) is 43.4 Å². The molecule has 0 spiro atoms. The van der Waals surface area contributed by atoms with Crippen LogP contribution in [-0.4, -0.2) is 53.3 Å². The molecular weight excluding hydrogens is 442 g/mol. The number of ketones is 1. The number of hydrogen-bond donors (Lipinski definition) is 6. The lowest BCUT2D eigenvalue weighted by Gasteiger charge is -2.25. The molecule has 34 heavy (non-hydrogen) atoms. The number of primary amides is 1. The maximum absolute atomic E-state index is 13.0. The Morgan fingerprint density at radius 1 is 0.971 bits per heavy atom. The van der Waals surface area contributed by atoms with E-state index < -0.39 is 35.8 Å². The van der Waals surface area contributed by atoms with Gasteiger partial charge in [0.15, 0.2) is 0 Å². The molecule has 0 heterocycles. The summed E-state index contributed by atoms with van der Waals surface area (Å²) >= 11 is 0. The van der Waals surface area contributed by atoms with Crippen molar-refractivity contribution in [2.45, 2.75) is 65.1 Å². The second-order valence-corrected chi connectivity index (χ2v) is 8.33. The van der Waals surface area contributed by atoms with Gasteiger partial charge in [0.05, 0.1) is 6.61 Å². The Bertz CT molecular complexity index is 856. The first kappa shape index (κ1) is 28.6. The van der Waals surface area contributed by atoms with Gasteiger partial charge in [-0.15, -0.1) is 0 Å². The lowest BCUT2D eigenvalue weighted by molar-refractivity contribution is -0.132. The smallest absolute Gasteiger partial charge is 0.312 e. The van der Waals surface area contributed by atoms with Crippen molar-refractivity contribution in [3.05, 3.63) is 29.8 Å². The fraction of sp³-hybridized carbons (Fsp3) is 0.522. The van der Waals surface area contributed by atoms with Crippen molar-refractivity contribution in [2.75, 3.05) is 11.9 Å². The topological polar surface area (TPSA) is 180 Å². The fourth-order valence-electron chi connectivity index (χ4n) is 3.04. The van der Waals surface area contributed by atoms with Crippen LogP contribution in [0, 0.1) is 5.92 Å². The standard InChI is InChI=1S/C23H35N5O6/c1-14(2)20(28-19(31)11-6-15(3)30)22(33)27-18(5-4-12-25-23(24)34)21(32)26-17-9-7-16(13-29)8-10-17/h7-10,14,18,20,29H,4-6,11-13H2,1-3H3,(H,26,32)(H,27,33)(H,28,31)(H3,24,25,34)/t18-,20-/m0/s1. The number of carbonyl (C=O) groups is 5. The van der Waals surface area contributed by atoms with Crippen LogP contribution >= 0.6 is 0 Å². The van der Waals surface area contributed by atoms with E-state index in [-0.39, 0.29) is 44.1 Å². The molecule has 0 aliphatic rings. The molecule has 0 unspecified atom stereocenters. The van der Waals surface area contributed by atoms with E-state index in [0.29, 0.717) is 17.7 Å². The number of aliphatic hydroxyl groups excluding tert-OH is 1. The summed E-state index contributed by atoms with van der Waals surface area (Å²) < 4.78 is 0. The molecular formula is C23H35N5O6. The molecule has 0 aliphatic carbocycles. The van der Waals surface area contributed by atoms with Gasteiger partial charge >= 0.3 is 6.03 Å². The molecule has 0 aromatic heterocycles. The van der Waals surface area contributed by atoms with Gasteiger partial charge in [0, 0.05) is 25.1 Å². The molecule has 2 atom stereocenters. The normalized spacial score (nSPS) is 12.4. The van der Waals surface area contributed by atoms with Crippen LogP contribution in [0.5, 0.6) is 0 Å². The highest BCUT2D eigenvalue weighted by Crippen LogP contribution is 2.12. The largest absolute Gasteiger partial charge is 0.392 e. The molecule has 0 saturated heterocycles. The van der Waals surface area contributed by atoms with Crippen molar-refractivity contribution in [2.24, 2.45) is 11.7 Å². The highest BCUT2D eigenvalue weighted by Gasteiger charge is 2.28. The zero-order valence-electron chi connectivity index (χ0n) is 19.8. The molecule has 188 valence electrons. The first-order valence-electron chi connectivity index (χ1n) is 11.2. The lowest BCUT2D eigenvalue weighted by Crippen LogP contribution is -2.54. The minimum Gasteiger partial charge on any atom is -0.392 e. The Morgan fingerprint density at radius 2 is 1.62 bits per heavy atom. The van der Waals surface area contributed by atoms with Crippen LogP contribution in [0.25, 0.3) is 0 Å².